The van der Waals surface area contributed by atoms with Gasteiger partial charge in [0.05, 0.1) is 6.61 Å². The Balaban J connectivity index is 1.39. The lowest BCUT2D eigenvalue weighted by Crippen LogP contribution is -2.26. The first-order chi connectivity index (χ1) is 11.2. The maximum atomic E-state index is 10.6. The zero-order chi connectivity index (χ0) is 16.1. The van der Waals surface area contributed by atoms with Crippen LogP contribution in [0.4, 0.5) is 10.5 Å². The molecule has 1 saturated carbocycles. The van der Waals surface area contributed by atoms with E-state index in [2.05, 4.69) is 17.4 Å². The van der Waals surface area contributed by atoms with Gasteiger partial charge in [-0.15, -0.1) is 0 Å². The molecule has 0 unspecified atom stereocenters. The van der Waals surface area contributed by atoms with Crippen LogP contribution in [0.1, 0.15) is 29.9 Å². The van der Waals surface area contributed by atoms with Crippen molar-refractivity contribution in [3.05, 3.63) is 65.7 Å². The van der Waals surface area contributed by atoms with E-state index in [9.17, 15) is 4.79 Å². The molecule has 2 N–H and O–H groups in total. The third-order valence-corrected chi connectivity index (χ3v) is 4.33. The summed E-state index contributed by atoms with van der Waals surface area (Å²) in [5.74, 6) is 1.19. The Morgan fingerprint density at radius 1 is 1.09 bits per heavy atom. The highest BCUT2D eigenvalue weighted by Crippen LogP contribution is 2.41. The third kappa shape index (κ3) is 4.33. The van der Waals surface area contributed by atoms with E-state index >= 15 is 0 Å². The van der Waals surface area contributed by atoms with Gasteiger partial charge in [-0.25, -0.2) is 4.79 Å². The lowest BCUT2D eigenvalue weighted by atomic mass is 9.72. The summed E-state index contributed by atoms with van der Waals surface area (Å²) in [6.45, 7) is 1.49. The number of hydrogen-bond acceptors (Lipinski definition) is 2. The minimum Gasteiger partial charge on any atom is -0.465 e. The molecule has 1 amide bonds. The van der Waals surface area contributed by atoms with Crippen LogP contribution in [-0.2, 0) is 11.3 Å². The van der Waals surface area contributed by atoms with Crippen molar-refractivity contribution >= 4 is 11.8 Å². The van der Waals surface area contributed by atoms with Crippen LogP contribution in [0, 0.1) is 5.92 Å². The highest BCUT2D eigenvalue weighted by Gasteiger charge is 2.30. The van der Waals surface area contributed by atoms with Gasteiger partial charge >= 0.3 is 6.09 Å². The van der Waals surface area contributed by atoms with Gasteiger partial charge in [-0.1, -0.05) is 42.5 Å². The molecule has 2 aromatic rings. The summed E-state index contributed by atoms with van der Waals surface area (Å²) in [5, 5.41) is 11.0. The van der Waals surface area contributed by atoms with Crippen LogP contribution in [0.15, 0.2) is 54.6 Å². The molecule has 3 rings (SSSR count). The van der Waals surface area contributed by atoms with E-state index in [1.54, 1.807) is 0 Å². The second-order valence-corrected chi connectivity index (χ2v) is 6.09. The van der Waals surface area contributed by atoms with Crippen molar-refractivity contribution in [1.82, 2.24) is 0 Å². The molecule has 0 aromatic heterocycles. The Kier molecular flexibility index (Phi) is 4.93. The molecular formula is C19H21NO3. The summed E-state index contributed by atoms with van der Waals surface area (Å²) < 4.78 is 5.80. The van der Waals surface area contributed by atoms with Gasteiger partial charge < -0.3 is 9.84 Å². The van der Waals surface area contributed by atoms with Crippen LogP contribution in [0.2, 0.25) is 0 Å². The molecule has 0 saturated heterocycles. The average Bonchev–Trinajstić information content (AvgIpc) is 2.51. The van der Waals surface area contributed by atoms with Crippen LogP contribution in [0.25, 0.3) is 0 Å². The number of carboxylic acid groups (broad SMARTS) is 1. The third-order valence-electron chi connectivity index (χ3n) is 4.33. The number of carbonyl (C=O) groups is 1. The van der Waals surface area contributed by atoms with E-state index in [1.807, 2.05) is 42.5 Å². The van der Waals surface area contributed by atoms with E-state index in [1.165, 1.54) is 11.1 Å². The van der Waals surface area contributed by atoms with Crippen molar-refractivity contribution in [2.24, 2.45) is 5.92 Å². The van der Waals surface area contributed by atoms with Gasteiger partial charge in [0, 0.05) is 12.3 Å². The van der Waals surface area contributed by atoms with Crippen LogP contribution in [0.3, 0.4) is 0 Å². The SMILES string of the molecule is O=C(O)Nc1ccc(C2CC(COCc3ccccc3)C2)cc1. The summed E-state index contributed by atoms with van der Waals surface area (Å²) in [6.07, 6.45) is 1.25. The molecule has 0 aliphatic heterocycles. The number of rotatable bonds is 6. The monoisotopic (exact) mass is 311 g/mol. The van der Waals surface area contributed by atoms with Crippen molar-refractivity contribution in [3.63, 3.8) is 0 Å². The zero-order valence-corrected chi connectivity index (χ0v) is 12.9. The Morgan fingerprint density at radius 3 is 2.43 bits per heavy atom. The van der Waals surface area contributed by atoms with Gasteiger partial charge in [-0.3, -0.25) is 5.32 Å². The first-order valence-corrected chi connectivity index (χ1v) is 7.92. The first-order valence-electron chi connectivity index (χ1n) is 7.92. The van der Waals surface area contributed by atoms with Crippen LogP contribution >= 0.6 is 0 Å². The van der Waals surface area contributed by atoms with Crippen LogP contribution in [-0.4, -0.2) is 17.8 Å². The quantitative estimate of drug-likeness (QED) is 0.826. The Bertz CT molecular complexity index is 633. The largest absolute Gasteiger partial charge is 0.465 e. The number of hydrogen-bond donors (Lipinski definition) is 2. The molecule has 2 aromatic carbocycles. The highest BCUT2D eigenvalue weighted by atomic mass is 16.5. The number of benzene rings is 2. The van der Waals surface area contributed by atoms with Crippen molar-refractivity contribution in [2.45, 2.75) is 25.4 Å². The summed E-state index contributed by atoms with van der Waals surface area (Å²) in [4.78, 5) is 10.6. The molecule has 23 heavy (non-hydrogen) atoms. The van der Waals surface area contributed by atoms with Gasteiger partial charge in [-0.05, 0) is 47.9 Å². The summed E-state index contributed by atoms with van der Waals surface area (Å²) in [6, 6.07) is 17.9. The molecule has 0 bridgehead atoms. The number of amides is 1. The molecular weight excluding hydrogens is 290 g/mol. The summed E-state index contributed by atoms with van der Waals surface area (Å²) >= 11 is 0. The van der Waals surface area contributed by atoms with Crippen molar-refractivity contribution in [1.29, 1.82) is 0 Å². The predicted molar refractivity (Wildman–Crippen MR) is 89.7 cm³/mol. The molecule has 0 atom stereocenters. The normalized spacial score (nSPS) is 19.8. The predicted octanol–water partition coefficient (Wildman–Crippen LogP) is 4.49. The fraction of sp³-hybridized carbons (Fsp3) is 0.316. The minimum absolute atomic E-state index is 0.569. The van der Waals surface area contributed by atoms with Gasteiger partial charge in [0.25, 0.3) is 0 Å². The van der Waals surface area contributed by atoms with Gasteiger partial charge in [0.15, 0.2) is 0 Å². The van der Waals surface area contributed by atoms with E-state index in [-0.39, 0.29) is 0 Å². The van der Waals surface area contributed by atoms with Crippen LogP contribution < -0.4 is 5.32 Å². The number of anilines is 1. The van der Waals surface area contributed by atoms with E-state index in [0.29, 0.717) is 24.1 Å². The molecule has 0 spiro atoms. The standard InChI is InChI=1S/C19H21NO3/c21-19(22)20-18-8-6-16(7-9-18)17-10-15(11-17)13-23-12-14-4-2-1-3-5-14/h1-9,15,17,20H,10-13H2,(H,21,22). The van der Waals surface area contributed by atoms with Crippen molar-refractivity contribution < 1.29 is 14.6 Å². The molecule has 0 heterocycles. The topological polar surface area (TPSA) is 58.6 Å². The molecule has 1 aliphatic rings. The first kappa shape index (κ1) is 15.6. The minimum atomic E-state index is -1.03. The highest BCUT2D eigenvalue weighted by molar-refractivity contribution is 5.82. The van der Waals surface area contributed by atoms with Gasteiger partial charge in [0.1, 0.15) is 0 Å². The smallest absolute Gasteiger partial charge is 0.409 e. The van der Waals surface area contributed by atoms with Crippen molar-refractivity contribution in [3.8, 4) is 0 Å². The Labute approximate surface area is 136 Å². The fourth-order valence-electron chi connectivity index (χ4n) is 3.02. The number of ether oxygens (including phenoxy) is 1. The van der Waals surface area contributed by atoms with Crippen molar-refractivity contribution in [2.75, 3.05) is 11.9 Å². The maximum Gasteiger partial charge on any atom is 0.409 e. The molecule has 1 aliphatic carbocycles. The second-order valence-electron chi connectivity index (χ2n) is 6.09. The Hall–Kier alpha value is -2.33. The molecule has 0 radical (unpaired) electrons. The molecule has 4 heteroatoms. The summed E-state index contributed by atoms with van der Waals surface area (Å²) in [5.41, 5.74) is 3.11. The summed E-state index contributed by atoms with van der Waals surface area (Å²) in [7, 11) is 0. The second kappa shape index (κ2) is 7.29. The van der Waals surface area contributed by atoms with Crippen LogP contribution in [0.5, 0.6) is 0 Å². The molecule has 1 fully saturated rings. The van der Waals surface area contributed by atoms with Gasteiger partial charge in [-0.2, -0.15) is 0 Å². The zero-order valence-electron chi connectivity index (χ0n) is 12.9. The van der Waals surface area contributed by atoms with E-state index < -0.39 is 6.09 Å². The molecule has 4 nitrogen and oxygen atoms in total. The van der Waals surface area contributed by atoms with Gasteiger partial charge in [0.2, 0.25) is 0 Å². The molecule has 120 valence electrons. The lowest BCUT2D eigenvalue weighted by molar-refractivity contribution is 0.0508. The lowest BCUT2D eigenvalue weighted by Gasteiger charge is -2.35. The number of nitrogens with one attached hydrogen (secondary N) is 1. The van der Waals surface area contributed by atoms with E-state index in [0.717, 1.165) is 19.4 Å². The average molecular weight is 311 g/mol. The Morgan fingerprint density at radius 2 is 1.78 bits per heavy atom. The van der Waals surface area contributed by atoms with E-state index in [4.69, 9.17) is 9.84 Å². The fourth-order valence-corrected chi connectivity index (χ4v) is 3.02. The maximum absolute atomic E-state index is 10.6.